The van der Waals surface area contributed by atoms with Gasteiger partial charge < -0.3 is 5.73 Å². The quantitative estimate of drug-likeness (QED) is 0.904. The zero-order valence-corrected chi connectivity index (χ0v) is 11.0. The van der Waals surface area contributed by atoms with Crippen molar-refractivity contribution in [1.29, 1.82) is 0 Å². The van der Waals surface area contributed by atoms with E-state index < -0.39 is 11.6 Å². The third-order valence-corrected chi connectivity index (χ3v) is 3.44. The molecule has 100 valence electrons. The maximum absolute atomic E-state index is 13.2. The minimum absolute atomic E-state index is 0.0152. The highest BCUT2D eigenvalue weighted by atomic mass is 35.5. The number of hydrogen-bond donors (Lipinski definition) is 1. The molecule has 0 saturated heterocycles. The Labute approximate surface area is 116 Å². The van der Waals surface area contributed by atoms with Crippen LogP contribution in [0.1, 0.15) is 17.0 Å². The first-order valence-electron chi connectivity index (χ1n) is 6.00. The van der Waals surface area contributed by atoms with Crippen molar-refractivity contribution >= 4 is 11.6 Å². The van der Waals surface area contributed by atoms with Crippen LogP contribution in [0, 0.1) is 11.6 Å². The van der Waals surface area contributed by atoms with Crippen LogP contribution < -0.4 is 5.73 Å². The summed E-state index contributed by atoms with van der Waals surface area (Å²) in [5.74, 6) is -1.70. The van der Waals surface area contributed by atoms with Gasteiger partial charge in [0.2, 0.25) is 0 Å². The minimum atomic E-state index is -0.842. The Bertz CT molecular complexity index is 572. The molecule has 0 fully saturated rings. The fraction of sp³-hybridized carbons (Fsp3) is 0.200. The highest BCUT2D eigenvalue weighted by Crippen LogP contribution is 2.27. The van der Waals surface area contributed by atoms with Crippen LogP contribution in [-0.2, 0) is 6.42 Å². The molecular weight excluding hydrogens is 268 g/mol. The van der Waals surface area contributed by atoms with E-state index in [4.69, 9.17) is 17.3 Å². The van der Waals surface area contributed by atoms with Crippen LogP contribution in [0.2, 0.25) is 5.02 Å². The summed E-state index contributed by atoms with van der Waals surface area (Å²) in [5.41, 5.74) is 7.39. The SMILES string of the molecule is NCC(Cc1ccc(F)c(F)c1)c1ccccc1Cl. The zero-order chi connectivity index (χ0) is 13.8. The summed E-state index contributed by atoms with van der Waals surface area (Å²) in [5, 5.41) is 0.639. The average Bonchev–Trinajstić information content (AvgIpc) is 2.41. The molecule has 2 aromatic carbocycles. The first kappa shape index (κ1) is 14.0. The van der Waals surface area contributed by atoms with Crippen LogP contribution in [0.5, 0.6) is 0 Å². The van der Waals surface area contributed by atoms with Crippen molar-refractivity contribution in [3.8, 4) is 0 Å². The van der Waals surface area contributed by atoms with Gasteiger partial charge in [-0.25, -0.2) is 8.78 Å². The molecule has 0 aliphatic rings. The third-order valence-electron chi connectivity index (χ3n) is 3.10. The summed E-state index contributed by atoms with van der Waals surface area (Å²) >= 11 is 6.13. The minimum Gasteiger partial charge on any atom is -0.330 e. The van der Waals surface area contributed by atoms with Gasteiger partial charge in [-0.2, -0.15) is 0 Å². The molecule has 0 radical (unpaired) electrons. The second-order valence-corrected chi connectivity index (χ2v) is 4.81. The lowest BCUT2D eigenvalue weighted by Gasteiger charge is -2.16. The van der Waals surface area contributed by atoms with Crippen molar-refractivity contribution < 1.29 is 8.78 Å². The van der Waals surface area contributed by atoms with Gasteiger partial charge in [0.15, 0.2) is 11.6 Å². The van der Waals surface area contributed by atoms with E-state index in [1.165, 1.54) is 6.07 Å². The zero-order valence-electron chi connectivity index (χ0n) is 10.2. The van der Waals surface area contributed by atoms with Crippen molar-refractivity contribution in [2.24, 2.45) is 5.73 Å². The molecule has 0 bridgehead atoms. The molecule has 4 heteroatoms. The van der Waals surface area contributed by atoms with Gasteiger partial charge in [-0.3, -0.25) is 0 Å². The Hall–Kier alpha value is -1.45. The third kappa shape index (κ3) is 3.31. The van der Waals surface area contributed by atoms with E-state index in [1.807, 2.05) is 18.2 Å². The summed E-state index contributed by atoms with van der Waals surface area (Å²) in [6, 6.07) is 11.3. The molecule has 2 rings (SSSR count). The van der Waals surface area contributed by atoms with Gasteiger partial charge in [-0.1, -0.05) is 35.9 Å². The molecular formula is C15H14ClF2N. The Balaban J connectivity index is 2.24. The number of hydrogen-bond acceptors (Lipinski definition) is 1. The van der Waals surface area contributed by atoms with Gasteiger partial charge in [0, 0.05) is 10.9 Å². The maximum atomic E-state index is 13.2. The van der Waals surface area contributed by atoms with Crippen LogP contribution in [0.3, 0.4) is 0 Å². The summed E-state index contributed by atoms with van der Waals surface area (Å²) in [6.45, 7) is 0.392. The van der Waals surface area contributed by atoms with Crippen LogP contribution in [0.15, 0.2) is 42.5 Å². The molecule has 1 nitrogen and oxygen atoms in total. The van der Waals surface area contributed by atoms with E-state index in [2.05, 4.69) is 0 Å². The largest absolute Gasteiger partial charge is 0.330 e. The average molecular weight is 282 g/mol. The second-order valence-electron chi connectivity index (χ2n) is 4.41. The topological polar surface area (TPSA) is 26.0 Å². The summed E-state index contributed by atoms with van der Waals surface area (Å²) < 4.78 is 26.1. The van der Waals surface area contributed by atoms with Gasteiger partial charge >= 0.3 is 0 Å². The molecule has 2 aromatic rings. The second kappa shape index (κ2) is 6.13. The van der Waals surface area contributed by atoms with Crippen molar-refractivity contribution in [3.63, 3.8) is 0 Å². The monoisotopic (exact) mass is 281 g/mol. The van der Waals surface area contributed by atoms with Gasteiger partial charge in [0.25, 0.3) is 0 Å². The van der Waals surface area contributed by atoms with Crippen LogP contribution in [0.4, 0.5) is 8.78 Å². The summed E-state index contributed by atoms with van der Waals surface area (Å²) in [6.07, 6.45) is 0.525. The van der Waals surface area contributed by atoms with E-state index in [9.17, 15) is 8.78 Å². The number of nitrogens with two attached hydrogens (primary N) is 1. The van der Waals surface area contributed by atoms with E-state index in [0.29, 0.717) is 23.6 Å². The molecule has 19 heavy (non-hydrogen) atoms. The van der Waals surface area contributed by atoms with Crippen LogP contribution in [0.25, 0.3) is 0 Å². The Morgan fingerprint density at radius 2 is 1.79 bits per heavy atom. The predicted octanol–water partition coefficient (Wildman–Crippen LogP) is 3.90. The van der Waals surface area contributed by atoms with Gasteiger partial charge in [0.1, 0.15) is 0 Å². The van der Waals surface area contributed by atoms with Gasteiger partial charge in [-0.05, 0) is 42.3 Å². The van der Waals surface area contributed by atoms with E-state index in [1.54, 1.807) is 12.1 Å². The molecule has 0 aliphatic heterocycles. The van der Waals surface area contributed by atoms with E-state index in [0.717, 1.165) is 11.6 Å². The highest BCUT2D eigenvalue weighted by molar-refractivity contribution is 6.31. The molecule has 0 heterocycles. The standard InChI is InChI=1S/C15H14ClF2N/c16-13-4-2-1-3-12(13)11(9-19)7-10-5-6-14(17)15(18)8-10/h1-6,8,11H,7,9,19H2. The molecule has 2 N–H and O–H groups in total. The molecule has 0 amide bonds. The lowest BCUT2D eigenvalue weighted by Crippen LogP contribution is -2.15. The summed E-state index contributed by atoms with van der Waals surface area (Å²) in [4.78, 5) is 0. The highest BCUT2D eigenvalue weighted by Gasteiger charge is 2.14. The van der Waals surface area contributed by atoms with Crippen molar-refractivity contribution in [1.82, 2.24) is 0 Å². The Morgan fingerprint density at radius 1 is 1.05 bits per heavy atom. The lowest BCUT2D eigenvalue weighted by molar-refractivity contribution is 0.506. The maximum Gasteiger partial charge on any atom is 0.159 e. The number of halogens is 3. The molecule has 0 saturated carbocycles. The van der Waals surface area contributed by atoms with Crippen LogP contribution in [-0.4, -0.2) is 6.54 Å². The Kier molecular flexibility index (Phi) is 4.51. The predicted molar refractivity (Wildman–Crippen MR) is 73.3 cm³/mol. The summed E-state index contributed by atoms with van der Waals surface area (Å²) in [7, 11) is 0. The first-order valence-corrected chi connectivity index (χ1v) is 6.38. The molecule has 0 spiro atoms. The lowest BCUT2D eigenvalue weighted by atomic mass is 9.92. The van der Waals surface area contributed by atoms with E-state index in [-0.39, 0.29) is 5.92 Å². The fourth-order valence-corrected chi connectivity index (χ4v) is 2.37. The van der Waals surface area contributed by atoms with Gasteiger partial charge in [-0.15, -0.1) is 0 Å². The first-order chi connectivity index (χ1) is 9.11. The van der Waals surface area contributed by atoms with Crippen molar-refractivity contribution in [2.75, 3.05) is 6.54 Å². The normalized spacial score (nSPS) is 12.4. The number of benzene rings is 2. The van der Waals surface area contributed by atoms with Crippen molar-refractivity contribution in [2.45, 2.75) is 12.3 Å². The molecule has 0 aliphatic carbocycles. The fourth-order valence-electron chi connectivity index (χ4n) is 2.08. The molecule has 0 aromatic heterocycles. The van der Waals surface area contributed by atoms with Gasteiger partial charge in [0.05, 0.1) is 0 Å². The number of rotatable bonds is 4. The molecule has 1 atom stereocenters. The molecule has 1 unspecified atom stereocenters. The van der Waals surface area contributed by atoms with E-state index >= 15 is 0 Å². The van der Waals surface area contributed by atoms with Crippen molar-refractivity contribution in [3.05, 3.63) is 70.2 Å². The van der Waals surface area contributed by atoms with Crippen LogP contribution >= 0.6 is 11.6 Å². The smallest absolute Gasteiger partial charge is 0.159 e. The Morgan fingerprint density at radius 3 is 2.42 bits per heavy atom.